The van der Waals surface area contributed by atoms with Gasteiger partial charge in [-0.2, -0.15) is 4.31 Å². The van der Waals surface area contributed by atoms with Crippen molar-refractivity contribution < 1.29 is 23.1 Å². The third-order valence-corrected chi connectivity index (χ3v) is 5.41. The summed E-state index contributed by atoms with van der Waals surface area (Å²) in [6, 6.07) is 1.24. The predicted octanol–water partition coefficient (Wildman–Crippen LogP) is -0.391. The van der Waals surface area contributed by atoms with E-state index >= 15 is 0 Å². The molecule has 1 fully saturated rings. The Morgan fingerprint density at radius 2 is 2.14 bits per heavy atom. The standard InChI is InChI=1S/C12H17N3O5S/c1-14-7-9(5-10(14)12(13)18)21(19,20)15-3-2-8(6-15)4-11(16)17/h5,7-8H,2-4,6H2,1H3,(H2,13,18)(H,16,17). The Hall–Kier alpha value is -1.87. The van der Waals surface area contributed by atoms with E-state index in [0.717, 1.165) is 0 Å². The Labute approximate surface area is 122 Å². The van der Waals surface area contributed by atoms with Crippen LogP contribution in [0.1, 0.15) is 23.3 Å². The molecule has 0 radical (unpaired) electrons. The van der Waals surface area contributed by atoms with Crippen LogP contribution in [0.4, 0.5) is 0 Å². The van der Waals surface area contributed by atoms with Crippen molar-refractivity contribution in [1.82, 2.24) is 8.87 Å². The van der Waals surface area contributed by atoms with Crippen molar-refractivity contribution in [3.63, 3.8) is 0 Å². The van der Waals surface area contributed by atoms with E-state index in [-0.39, 0.29) is 36.0 Å². The van der Waals surface area contributed by atoms with Gasteiger partial charge < -0.3 is 15.4 Å². The molecule has 0 saturated carbocycles. The number of carbonyl (C=O) groups is 2. The highest BCUT2D eigenvalue weighted by atomic mass is 32.2. The third kappa shape index (κ3) is 3.08. The van der Waals surface area contributed by atoms with E-state index in [1.54, 1.807) is 0 Å². The van der Waals surface area contributed by atoms with E-state index in [2.05, 4.69) is 0 Å². The summed E-state index contributed by atoms with van der Waals surface area (Å²) in [5.74, 6) is -1.82. The van der Waals surface area contributed by atoms with Crippen molar-refractivity contribution in [1.29, 1.82) is 0 Å². The second kappa shape index (κ2) is 5.49. The lowest BCUT2D eigenvalue weighted by Crippen LogP contribution is -2.29. The topological polar surface area (TPSA) is 123 Å². The van der Waals surface area contributed by atoms with Gasteiger partial charge in [0.2, 0.25) is 10.0 Å². The number of carboxylic acids is 1. The lowest BCUT2D eigenvalue weighted by Gasteiger charge is -2.15. The van der Waals surface area contributed by atoms with Crippen LogP contribution in [0.3, 0.4) is 0 Å². The molecule has 1 aliphatic rings. The number of rotatable bonds is 5. The summed E-state index contributed by atoms with van der Waals surface area (Å²) in [7, 11) is -2.19. The van der Waals surface area contributed by atoms with Crippen LogP contribution in [-0.4, -0.2) is 47.4 Å². The fraction of sp³-hybridized carbons (Fsp3) is 0.500. The molecular weight excluding hydrogens is 298 g/mol. The minimum Gasteiger partial charge on any atom is -0.481 e. The molecule has 9 heteroatoms. The molecule has 1 atom stereocenters. The molecule has 0 aromatic carbocycles. The summed E-state index contributed by atoms with van der Waals surface area (Å²) in [6.07, 6.45) is 1.80. The molecule has 1 saturated heterocycles. The summed E-state index contributed by atoms with van der Waals surface area (Å²) in [6.45, 7) is 0.455. The largest absolute Gasteiger partial charge is 0.481 e. The van der Waals surface area contributed by atoms with Crippen LogP contribution in [0.15, 0.2) is 17.2 Å². The van der Waals surface area contributed by atoms with Crippen LogP contribution in [0, 0.1) is 5.92 Å². The van der Waals surface area contributed by atoms with Crippen LogP contribution in [-0.2, 0) is 21.9 Å². The fourth-order valence-electron chi connectivity index (χ4n) is 2.50. The number of nitrogens with zero attached hydrogens (tertiary/aromatic N) is 2. The molecule has 2 heterocycles. The number of primary amides is 1. The highest BCUT2D eigenvalue weighted by molar-refractivity contribution is 7.89. The summed E-state index contributed by atoms with van der Waals surface area (Å²) in [4.78, 5) is 21.9. The maximum atomic E-state index is 12.5. The van der Waals surface area contributed by atoms with Gasteiger partial charge >= 0.3 is 5.97 Å². The smallest absolute Gasteiger partial charge is 0.303 e. The van der Waals surface area contributed by atoms with Gasteiger partial charge in [0.05, 0.1) is 0 Å². The van der Waals surface area contributed by atoms with Gasteiger partial charge in [0, 0.05) is 32.8 Å². The maximum absolute atomic E-state index is 12.5. The quantitative estimate of drug-likeness (QED) is 0.766. The number of carbonyl (C=O) groups excluding carboxylic acids is 1. The van der Waals surface area contributed by atoms with Gasteiger partial charge in [-0.25, -0.2) is 8.42 Å². The molecule has 3 N–H and O–H groups in total. The second-order valence-electron chi connectivity index (χ2n) is 5.15. The van der Waals surface area contributed by atoms with Gasteiger partial charge in [0.15, 0.2) is 0 Å². The minimum absolute atomic E-state index is 0.00484. The van der Waals surface area contributed by atoms with Crippen molar-refractivity contribution in [3.05, 3.63) is 18.0 Å². The highest BCUT2D eigenvalue weighted by Gasteiger charge is 2.34. The van der Waals surface area contributed by atoms with Crippen molar-refractivity contribution >= 4 is 21.9 Å². The van der Waals surface area contributed by atoms with Crippen molar-refractivity contribution in [2.75, 3.05) is 13.1 Å². The average molecular weight is 315 g/mol. The van der Waals surface area contributed by atoms with E-state index in [4.69, 9.17) is 10.8 Å². The van der Waals surface area contributed by atoms with E-state index in [1.165, 1.54) is 28.2 Å². The Morgan fingerprint density at radius 3 is 2.67 bits per heavy atom. The summed E-state index contributed by atoms with van der Waals surface area (Å²) in [5.41, 5.74) is 5.27. The number of amides is 1. The molecule has 1 aromatic heterocycles. The van der Waals surface area contributed by atoms with Crippen LogP contribution in [0.25, 0.3) is 0 Å². The monoisotopic (exact) mass is 315 g/mol. The molecule has 8 nitrogen and oxygen atoms in total. The van der Waals surface area contributed by atoms with Crippen LogP contribution in [0.2, 0.25) is 0 Å². The molecule has 21 heavy (non-hydrogen) atoms. The second-order valence-corrected chi connectivity index (χ2v) is 7.09. The minimum atomic E-state index is -3.73. The molecule has 1 unspecified atom stereocenters. The Morgan fingerprint density at radius 1 is 1.48 bits per heavy atom. The number of aliphatic carboxylic acids is 1. The van der Waals surface area contributed by atoms with Crippen LogP contribution in [0.5, 0.6) is 0 Å². The van der Waals surface area contributed by atoms with E-state index in [9.17, 15) is 18.0 Å². The predicted molar refractivity (Wildman–Crippen MR) is 73.0 cm³/mol. The number of carboxylic acid groups (broad SMARTS) is 1. The summed E-state index contributed by atoms with van der Waals surface area (Å²) in [5, 5.41) is 8.76. The number of sulfonamides is 1. The lowest BCUT2D eigenvalue weighted by atomic mass is 10.1. The molecule has 1 aromatic rings. The fourth-order valence-corrected chi connectivity index (χ4v) is 4.10. The van der Waals surface area contributed by atoms with Crippen LogP contribution >= 0.6 is 0 Å². The Balaban J connectivity index is 2.21. The molecule has 116 valence electrons. The number of aryl methyl sites for hydroxylation is 1. The van der Waals surface area contributed by atoms with Gasteiger partial charge in [-0.05, 0) is 18.4 Å². The molecule has 1 amide bonds. The molecular formula is C12H17N3O5S. The SMILES string of the molecule is Cn1cc(S(=O)(=O)N2CCC(CC(=O)O)C2)cc1C(N)=O. The van der Waals surface area contributed by atoms with Crippen molar-refractivity contribution in [3.8, 4) is 0 Å². The maximum Gasteiger partial charge on any atom is 0.303 e. The zero-order valence-corrected chi connectivity index (χ0v) is 12.3. The first-order valence-corrected chi connectivity index (χ1v) is 7.84. The normalized spacial score (nSPS) is 19.8. The molecule has 0 bridgehead atoms. The third-order valence-electron chi connectivity index (χ3n) is 3.58. The average Bonchev–Trinajstić information content (AvgIpc) is 2.95. The lowest BCUT2D eigenvalue weighted by molar-refractivity contribution is -0.138. The number of aromatic nitrogens is 1. The first kappa shape index (κ1) is 15.5. The van der Waals surface area contributed by atoms with Crippen LogP contribution < -0.4 is 5.73 Å². The molecule has 0 spiro atoms. The van der Waals surface area contributed by atoms with Crippen molar-refractivity contribution in [2.45, 2.75) is 17.7 Å². The first-order valence-electron chi connectivity index (χ1n) is 6.40. The van der Waals surface area contributed by atoms with Gasteiger partial charge in [-0.15, -0.1) is 0 Å². The van der Waals surface area contributed by atoms with E-state index in [0.29, 0.717) is 6.42 Å². The first-order chi connectivity index (χ1) is 9.71. The highest BCUT2D eigenvalue weighted by Crippen LogP contribution is 2.27. The zero-order valence-electron chi connectivity index (χ0n) is 11.5. The summed E-state index contributed by atoms with van der Waals surface area (Å²) >= 11 is 0. The molecule has 1 aliphatic heterocycles. The summed E-state index contributed by atoms with van der Waals surface area (Å²) < 4.78 is 27.5. The van der Waals surface area contributed by atoms with Gasteiger partial charge in [-0.3, -0.25) is 9.59 Å². The number of hydrogen-bond acceptors (Lipinski definition) is 4. The van der Waals surface area contributed by atoms with Gasteiger partial charge in [0.1, 0.15) is 10.6 Å². The molecule has 2 rings (SSSR count). The van der Waals surface area contributed by atoms with E-state index in [1.807, 2.05) is 0 Å². The van der Waals surface area contributed by atoms with E-state index < -0.39 is 21.9 Å². The van der Waals surface area contributed by atoms with Gasteiger partial charge in [-0.1, -0.05) is 0 Å². The van der Waals surface area contributed by atoms with Crippen molar-refractivity contribution in [2.24, 2.45) is 18.7 Å². The number of nitrogens with two attached hydrogens (primary N) is 1. The Kier molecular flexibility index (Phi) is 4.06. The van der Waals surface area contributed by atoms with Gasteiger partial charge in [0.25, 0.3) is 5.91 Å². The number of hydrogen-bond donors (Lipinski definition) is 2. The Bertz CT molecular complexity index is 679. The zero-order chi connectivity index (χ0) is 15.8. The molecule has 0 aliphatic carbocycles.